The average molecular weight is 479 g/mol. The van der Waals surface area contributed by atoms with E-state index in [1.807, 2.05) is 12.1 Å². The fourth-order valence-electron chi connectivity index (χ4n) is 4.44. The van der Waals surface area contributed by atoms with Crippen LogP contribution in [0.5, 0.6) is 0 Å². The van der Waals surface area contributed by atoms with Crippen LogP contribution in [0.3, 0.4) is 0 Å². The number of furan rings is 2. The smallest absolute Gasteiger partial charge is 1.00 e. The molecular formula is C25H28Cl2O2Ti. The molecule has 2 unspecified atom stereocenters. The molecule has 2 atom stereocenters. The summed E-state index contributed by atoms with van der Waals surface area (Å²) in [6.45, 7) is 13.9. The van der Waals surface area contributed by atoms with E-state index in [0.29, 0.717) is 11.8 Å². The summed E-state index contributed by atoms with van der Waals surface area (Å²) in [4.78, 5) is 0. The van der Waals surface area contributed by atoms with Gasteiger partial charge in [-0.15, -0.1) is 0 Å². The molecule has 2 aromatic rings. The van der Waals surface area contributed by atoms with Crippen molar-refractivity contribution in [1.82, 2.24) is 0 Å². The van der Waals surface area contributed by atoms with Gasteiger partial charge in [0, 0.05) is 0 Å². The first-order valence-corrected chi connectivity index (χ1v) is 12.3. The molecular weight excluding hydrogens is 451 g/mol. The zero-order chi connectivity index (χ0) is 20.0. The van der Waals surface area contributed by atoms with Crippen LogP contribution < -0.4 is 24.8 Å². The van der Waals surface area contributed by atoms with Gasteiger partial charge in [-0.1, -0.05) is 0 Å². The molecule has 2 aliphatic carbocycles. The molecule has 0 radical (unpaired) electrons. The number of hydrogen-bond acceptors (Lipinski definition) is 2. The van der Waals surface area contributed by atoms with Crippen LogP contribution in [0, 0.1) is 11.8 Å². The predicted molar refractivity (Wildman–Crippen MR) is 113 cm³/mol. The molecule has 0 spiro atoms. The Morgan fingerprint density at radius 2 is 1.17 bits per heavy atom. The van der Waals surface area contributed by atoms with Crippen LogP contribution in [0.15, 0.2) is 76.7 Å². The third kappa shape index (κ3) is 4.21. The molecule has 4 rings (SSSR count). The first-order chi connectivity index (χ1) is 13.4. The van der Waals surface area contributed by atoms with Crippen LogP contribution in [0.25, 0.3) is 11.1 Å². The Balaban J connectivity index is 0.00000160. The number of halogens is 2. The number of hydrogen-bond donors (Lipinski definition) is 0. The van der Waals surface area contributed by atoms with E-state index in [4.69, 9.17) is 8.83 Å². The minimum Gasteiger partial charge on any atom is -1.00 e. The van der Waals surface area contributed by atoms with E-state index in [-0.39, 0.29) is 24.8 Å². The van der Waals surface area contributed by atoms with Crippen molar-refractivity contribution < 1.29 is 51.1 Å². The van der Waals surface area contributed by atoms with Crippen LogP contribution in [0.2, 0.25) is 0 Å². The van der Waals surface area contributed by atoms with Gasteiger partial charge in [0.25, 0.3) is 0 Å². The van der Waals surface area contributed by atoms with Crippen molar-refractivity contribution in [2.45, 2.75) is 41.5 Å². The van der Waals surface area contributed by atoms with Crippen LogP contribution in [-0.4, -0.2) is 3.81 Å². The molecule has 0 fully saturated rings. The van der Waals surface area contributed by atoms with Crippen molar-refractivity contribution in [3.63, 3.8) is 0 Å². The quantitative estimate of drug-likeness (QED) is 0.613. The summed E-state index contributed by atoms with van der Waals surface area (Å²) in [5.74, 6) is 2.92. The molecule has 2 aromatic heterocycles. The minimum atomic E-state index is -1.92. The molecule has 0 bridgehead atoms. The molecule has 0 aromatic carbocycles. The van der Waals surface area contributed by atoms with E-state index in [9.17, 15) is 0 Å². The van der Waals surface area contributed by atoms with E-state index >= 15 is 0 Å². The SMILES string of the molecule is CC1=CC(c2ccco2)=[C]([Ti+2]([C]2=C(c3ccco3)C=C(C)C2C)=[C](C)C)C1C.[Cl-].[Cl-]. The van der Waals surface area contributed by atoms with Crippen molar-refractivity contribution in [1.29, 1.82) is 0 Å². The van der Waals surface area contributed by atoms with Crippen LogP contribution in [0.1, 0.15) is 53.1 Å². The summed E-state index contributed by atoms with van der Waals surface area (Å²) in [5, 5.41) is 0. The van der Waals surface area contributed by atoms with Crippen molar-refractivity contribution in [2.24, 2.45) is 11.8 Å². The van der Waals surface area contributed by atoms with E-state index in [1.54, 1.807) is 24.1 Å². The number of rotatable bonds is 4. The zero-order valence-electron chi connectivity index (χ0n) is 18.3. The molecule has 2 aliphatic rings. The Labute approximate surface area is 198 Å². The second kappa shape index (κ2) is 9.87. The van der Waals surface area contributed by atoms with Crippen LogP contribution >= 0.6 is 0 Å². The zero-order valence-corrected chi connectivity index (χ0v) is 21.4. The Hall–Kier alpha value is -1.32. The molecule has 2 heterocycles. The summed E-state index contributed by atoms with van der Waals surface area (Å²) in [6, 6.07) is 8.18. The normalized spacial score (nSPS) is 20.3. The maximum atomic E-state index is 5.85. The molecule has 0 aliphatic heterocycles. The van der Waals surface area contributed by atoms with E-state index < -0.39 is 17.4 Å². The van der Waals surface area contributed by atoms with Gasteiger partial charge in [-0.2, -0.15) is 0 Å². The van der Waals surface area contributed by atoms with E-state index in [0.717, 1.165) is 11.5 Å². The van der Waals surface area contributed by atoms with Crippen molar-refractivity contribution >= 4 is 15.0 Å². The minimum absolute atomic E-state index is 0. The number of allylic oxidation sites excluding steroid dienone is 8. The van der Waals surface area contributed by atoms with Crippen LogP contribution in [-0.2, 0) is 17.4 Å². The maximum Gasteiger partial charge on any atom is -1.00 e. The molecule has 158 valence electrons. The molecule has 0 saturated carbocycles. The van der Waals surface area contributed by atoms with Gasteiger partial charge in [0.05, 0.1) is 0 Å². The van der Waals surface area contributed by atoms with Gasteiger partial charge in [-0.3, -0.25) is 0 Å². The largest absolute Gasteiger partial charge is 1.00 e. The summed E-state index contributed by atoms with van der Waals surface area (Å²) < 4.78 is 16.5. The Bertz CT molecular complexity index is 980. The van der Waals surface area contributed by atoms with E-state index in [1.165, 1.54) is 22.3 Å². The van der Waals surface area contributed by atoms with Gasteiger partial charge < -0.3 is 24.8 Å². The third-order valence-electron chi connectivity index (χ3n) is 6.17. The predicted octanol–water partition coefficient (Wildman–Crippen LogP) is 1.03. The first-order valence-electron chi connectivity index (χ1n) is 10.0. The summed E-state index contributed by atoms with van der Waals surface area (Å²) in [7, 11) is 0. The van der Waals surface area contributed by atoms with Gasteiger partial charge in [0.2, 0.25) is 0 Å². The fraction of sp³-hybridized carbons (Fsp3) is 0.320. The molecule has 0 amide bonds. The maximum absolute atomic E-state index is 5.85. The molecule has 30 heavy (non-hydrogen) atoms. The van der Waals surface area contributed by atoms with Gasteiger partial charge in [-0.25, -0.2) is 0 Å². The average Bonchev–Trinajstić information content (AvgIpc) is 3.43. The van der Waals surface area contributed by atoms with Gasteiger partial charge in [-0.05, 0) is 0 Å². The molecule has 0 N–H and O–H groups in total. The van der Waals surface area contributed by atoms with Crippen molar-refractivity contribution in [3.05, 3.63) is 79.4 Å². The Morgan fingerprint density at radius 3 is 1.47 bits per heavy atom. The summed E-state index contributed by atoms with van der Waals surface area (Å²) in [5.41, 5.74) is 5.50. The first kappa shape index (κ1) is 24.9. The second-order valence-corrected chi connectivity index (χ2v) is 12.6. The van der Waals surface area contributed by atoms with E-state index in [2.05, 4.69) is 65.8 Å². The van der Waals surface area contributed by atoms with Gasteiger partial charge >= 0.3 is 174 Å². The Morgan fingerprint density at radius 1 is 0.767 bits per heavy atom. The standard InChI is InChI=1S/2C11H11O.C3H6.2ClH.Ti/c2*1-8-6-10(7-9(8)2)11-4-3-5-12-11;1-3-2;;;/h2*3-6,9H,1-2H3;1-2H3;2*1H;/q;;;;;+2/p-2. The summed E-state index contributed by atoms with van der Waals surface area (Å²) >= 11 is -1.92. The topological polar surface area (TPSA) is 26.3 Å². The Kier molecular flexibility index (Phi) is 8.21. The molecule has 0 saturated heterocycles. The monoisotopic (exact) mass is 478 g/mol. The van der Waals surface area contributed by atoms with Gasteiger partial charge in [0.1, 0.15) is 0 Å². The fourth-order valence-corrected chi connectivity index (χ4v) is 10.1. The van der Waals surface area contributed by atoms with Crippen molar-refractivity contribution in [2.75, 3.05) is 0 Å². The molecule has 2 nitrogen and oxygen atoms in total. The second-order valence-electron chi connectivity index (χ2n) is 8.20. The van der Waals surface area contributed by atoms with Gasteiger partial charge in [0.15, 0.2) is 0 Å². The van der Waals surface area contributed by atoms with Crippen molar-refractivity contribution in [3.8, 4) is 0 Å². The summed E-state index contributed by atoms with van der Waals surface area (Å²) in [6.07, 6.45) is 8.26. The molecule has 5 heteroatoms. The van der Waals surface area contributed by atoms with Crippen LogP contribution in [0.4, 0.5) is 0 Å². The third-order valence-corrected chi connectivity index (χ3v) is 11.6.